The third-order valence-electron chi connectivity index (χ3n) is 2.94. The van der Waals surface area contributed by atoms with Crippen LogP contribution in [0.5, 0.6) is 0 Å². The first-order valence-corrected chi connectivity index (χ1v) is 5.93. The molecular weight excluding hydrogens is 268 g/mol. The van der Waals surface area contributed by atoms with Gasteiger partial charge in [-0.2, -0.15) is 4.98 Å². The second kappa shape index (κ2) is 6.10. The molecule has 3 heterocycles. The van der Waals surface area contributed by atoms with Crippen LogP contribution < -0.4 is 5.32 Å². The van der Waals surface area contributed by atoms with E-state index in [0.29, 0.717) is 18.3 Å². The third kappa shape index (κ3) is 2.91. The minimum Gasteiger partial charge on any atom is -0.375 e. The molecule has 0 unspecified atom stereocenters. The molecule has 0 aromatic carbocycles. The van der Waals surface area contributed by atoms with Crippen LogP contribution in [-0.4, -0.2) is 34.4 Å². The predicted octanol–water partition coefficient (Wildman–Crippen LogP) is 1.60. The first-order chi connectivity index (χ1) is 8.84. The lowest BCUT2D eigenvalue weighted by atomic mass is 10.1. The van der Waals surface area contributed by atoms with Gasteiger partial charge in [0.2, 0.25) is 11.7 Å². The Morgan fingerprint density at radius 1 is 1.42 bits per heavy atom. The number of halogens is 1. The Morgan fingerprint density at radius 2 is 2.32 bits per heavy atom. The molecule has 7 heteroatoms. The zero-order chi connectivity index (χ0) is 12.4. The van der Waals surface area contributed by atoms with Gasteiger partial charge in [0, 0.05) is 24.5 Å². The molecule has 19 heavy (non-hydrogen) atoms. The van der Waals surface area contributed by atoms with E-state index < -0.39 is 0 Å². The maximum atomic E-state index is 5.56. The van der Waals surface area contributed by atoms with E-state index in [1.54, 1.807) is 12.4 Å². The normalized spacial score (nSPS) is 22.8. The SMILES string of the molecule is C[C@H]1OCCN[C@@H]1c1nc(-c2cccnc2)no1.Cl. The van der Waals surface area contributed by atoms with Gasteiger partial charge in [0.1, 0.15) is 6.04 Å². The number of aromatic nitrogens is 3. The van der Waals surface area contributed by atoms with Gasteiger partial charge in [-0.3, -0.25) is 4.98 Å². The Hall–Kier alpha value is -1.50. The van der Waals surface area contributed by atoms with Crippen molar-refractivity contribution >= 4 is 12.4 Å². The monoisotopic (exact) mass is 282 g/mol. The van der Waals surface area contributed by atoms with Crippen LogP contribution in [0, 0.1) is 0 Å². The molecule has 2 aromatic rings. The number of rotatable bonds is 2. The van der Waals surface area contributed by atoms with Crippen LogP contribution in [0.2, 0.25) is 0 Å². The summed E-state index contributed by atoms with van der Waals surface area (Å²) in [5, 5.41) is 7.29. The maximum absolute atomic E-state index is 5.56. The molecule has 3 rings (SSSR count). The number of ether oxygens (including phenoxy) is 1. The standard InChI is InChI=1S/C12H14N4O2.ClH/c1-8-10(14-5-6-17-8)12-15-11(16-18-12)9-3-2-4-13-7-9;/h2-4,7-8,10,14H,5-6H2,1H3;1H/t8-,10+;/m1./s1. The van der Waals surface area contributed by atoms with E-state index in [-0.39, 0.29) is 24.6 Å². The van der Waals surface area contributed by atoms with Crippen LogP contribution in [0.4, 0.5) is 0 Å². The molecule has 102 valence electrons. The second-order valence-corrected chi connectivity index (χ2v) is 4.21. The summed E-state index contributed by atoms with van der Waals surface area (Å²) in [6, 6.07) is 3.70. The third-order valence-corrected chi connectivity index (χ3v) is 2.94. The van der Waals surface area contributed by atoms with E-state index in [0.717, 1.165) is 12.1 Å². The molecule has 2 atom stereocenters. The van der Waals surface area contributed by atoms with Gasteiger partial charge in [-0.05, 0) is 19.1 Å². The minimum absolute atomic E-state index is 0. The van der Waals surface area contributed by atoms with Crippen molar-refractivity contribution in [2.75, 3.05) is 13.2 Å². The van der Waals surface area contributed by atoms with E-state index in [1.165, 1.54) is 0 Å². The van der Waals surface area contributed by atoms with Crippen LogP contribution in [0.3, 0.4) is 0 Å². The van der Waals surface area contributed by atoms with E-state index in [4.69, 9.17) is 9.26 Å². The molecule has 0 spiro atoms. The Labute approximate surface area is 117 Å². The average molecular weight is 283 g/mol. The van der Waals surface area contributed by atoms with Crippen LogP contribution >= 0.6 is 12.4 Å². The van der Waals surface area contributed by atoms with Crippen LogP contribution in [0.15, 0.2) is 29.0 Å². The molecule has 1 aliphatic heterocycles. The van der Waals surface area contributed by atoms with Crippen molar-refractivity contribution in [2.24, 2.45) is 0 Å². The van der Waals surface area contributed by atoms with Crippen molar-refractivity contribution in [3.05, 3.63) is 30.4 Å². The van der Waals surface area contributed by atoms with Crippen molar-refractivity contribution in [2.45, 2.75) is 19.1 Å². The number of nitrogens with one attached hydrogen (secondary N) is 1. The highest BCUT2D eigenvalue weighted by molar-refractivity contribution is 5.85. The quantitative estimate of drug-likeness (QED) is 0.902. The number of hydrogen-bond acceptors (Lipinski definition) is 6. The molecule has 0 bridgehead atoms. The summed E-state index contributed by atoms with van der Waals surface area (Å²) in [4.78, 5) is 8.43. The van der Waals surface area contributed by atoms with E-state index in [1.807, 2.05) is 19.1 Å². The zero-order valence-electron chi connectivity index (χ0n) is 10.4. The molecule has 1 fully saturated rings. The summed E-state index contributed by atoms with van der Waals surface area (Å²) < 4.78 is 10.9. The molecule has 0 amide bonds. The van der Waals surface area contributed by atoms with Gasteiger partial charge in [-0.15, -0.1) is 12.4 Å². The number of hydrogen-bond donors (Lipinski definition) is 1. The summed E-state index contributed by atoms with van der Waals surface area (Å²) in [5.41, 5.74) is 0.844. The fraction of sp³-hybridized carbons (Fsp3) is 0.417. The van der Waals surface area contributed by atoms with Gasteiger partial charge in [0.05, 0.1) is 12.7 Å². The van der Waals surface area contributed by atoms with Crippen molar-refractivity contribution in [3.8, 4) is 11.4 Å². The van der Waals surface area contributed by atoms with E-state index >= 15 is 0 Å². The molecule has 1 N–H and O–H groups in total. The minimum atomic E-state index is -0.0447. The highest BCUT2D eigenvalue weighted by Crippen LogP contribution is 2.22. The van der Waals surface area contributed by atoms with Crippen molar-refractivity contribution < 1.29 is 9.26 Å². The lowest BCUT2D eigenvalue weighted by Gasteiger charge is -2.27. The van der Waals surface area contributed by atoms with Gasteiger partial charge in [-0.1, -0.05) is 5.16 Å². The van der Waals surface area contributed by atoms with Gasteiger partial charge < -0.3 is 14.6 Å². The van der Waals surface area contributed by atoms with Gasteiger partial charge in [0.15, 0.2) is 0 Å². The second-order valence-electron chi connectivity index (χ2n) is 4.21. The first-order valence-electron chi connectivity index (χ1n) is 5.93. The summed E-state index contributed by atoms with van der Waals surface area (Å²) in [7, 11) is 0. The van der Waals surface area contributed by atoms with E-state index in [2.05, 4.69) is 20.4 Å². The Bertz CT molecular complexity index is 519. The zero-order valence-corrected chi connectivity index (χ0v) is 11.3. The molecule has 0 radical (unpaired) electrons. The summed E-state index contributed by atoms with van der Waals surface area (Å²) >= 11 is 0. The fourth-order valence-corrected chi connectivity index (χ4v) is 1.98. The summed E-state index contributed by atoms with van der Waals surface area (Å²) in [6.45, 7) is 3.49. The highest BCUT2D eigenvalue weighted by Gasteiger charge is 2.28. The van der Waals surface area contributed by atoms with Gasteiger partial charge >= 0.3 is 0 Å². The lowest BCUT2D eigenvalue weighted by Crippen LogP contribution is -2.40. The topological polar surface area (TPSA) is 73.1 Å². The molecule has 0 aliphatic carbocycles. The number of nitrogens with zero attached hydrogens (tertiary/aromatic N) is 3. The first kappa shape index (κ1) is 13.9. The predicted molar refractivity (Wildman–Crippen MR) is 70.9 cm³/mol. The summed E-state index contributed by atoms with van der Waals surface area (Å²) in [5.74, 6) is 1.11. The maximum Gasteiger partial charge on any atom is 0.246 e. The number of pyridine rings is 1. The average Bonchev–Trinajstić information content (AvgIpc) is 2.90. The smallest absolute Gasteiger partial charge is 0.246 e. The highest BCUT2D eigenvalue weighted by atomic mass is 35.5. The van der Waals surface area contributed by atoms with Crippen molar-refractivity contribution in [1.29, 1.82) is 0 Å². The van der Waals surface area contributed by atoms with Gasteiger partial charge in [-0.25, -0.2) is 0 Å². The van der Waals surface area contributed by atoms with Crippen molar-refractivity contribution in [3.63, 3.8) is 0 Å². The number of morpholine rings is 1. The van der Waals surface area contributed by atoms with Crippen molar-refractivity contribution in [1.82, 2.24) is 20.4 Å². The molecule has 2 aromatic heterocycles. The van der Waals surface area contributed by atoms with Gasteiger partial charge in [0.25, 0.3) is 0 Å². The molecule has 1 saturated heterocycles. The summed E-state index contributed by atoms with van der Waals surface area (Å²) in [6.07, 6.45) is 3.45. The molecular formula is C12H15ClN4O2. The lowest BCUT2D eigenvalue weighted by molar-refractivity contribution is -0.00136. The fourth-order valence-electron chi connectivity index (χ4n) is 1.98. The largest absolute Gasteiger partial charge is 0.375 e. The van der Waals surface area contributed by atoms with Crippen LogP contribution in [-0.2, 0) is 4.74 Å². The Morgan fingerprint density at radius 3 is 3.05 bits per heavy atom. The molecule has 6 nitrogen and oxygen atoms in total. The Balaban J connectivity index is 0.00000133. The molecule has 1 aliphatic rings. The molecule has 0 saturated carbocycles. The Kier molecular flexibility index (Phi) is 4.47. The van der Waals surface area contributed by atoms with Crippen LogP contribution in [0.1, 0.15) is 18.9 Å². The van der Waals surface area contributed by atoms with E-state index in [9.17, 15) is 0 Å². The van der Waals surface area contributed by atoms with Crippen LogP contribution in [0.25, 0.3) is 11.4 Å².